The lowest BCUT2D eigenvalue weighted by atomic mass is 10.1. The Bertz CT molecular complexity index is 401. The van der Waals surface area contributed by atoms with Crippen molar-refractivity contribution < 1.29 is 4.79 Å². The minimum atomic E-state index is -0.0408. The van der Waals surface area contributed by atoms with Gasteiger partial charge in [0.15, 0.2) is 0 Å². The summed E-state index contributed by atoms with van der Waals surface area (Å²) in [5, 5.41) is 2.90. The second-order valence-electron chi connectivity index (χ2n) is 4.26. The van der Waals surface area contributed by atoms with E-state index in [0.29, 0.717) is 10.6 Å². The number of hydrogen-bond acceptors (Lipinski definition) is 2. The molecule has 4 heteroatoms. The number of nitrogens with one attached hydrogen (secondary N) is 1. The maximum atomic E-state index is 11.8. The van der Waals surface area contributed by atoms with E-state index in [1.807, 2.05) is 0 Å². The molecule has 1 aromatic rings. The second kappa shape index (κ2) is 7.82. The van der Waals surface area contributed by atoms with Crippen molar-refractivity contribution in [1.29, 1.82) is 0 Å². The standard InChI is InChI=1S/C14H20N2OS/c1-2-3-4-5-10-16-14(17)12-8-6-11(7-9-12)13(15)18/h6-9H,2-5,10H2,1H3,(H2,15,18)(H,16,17). The Balaban J connectivity index is 2.39. The van der Waals surface area contributed by atoms with Crippen LogP contribution in [-0.2, 0) is 0 Å². The Labute approximate surface area is 114 Å². The molecule has 1 amide bonds. The van der Waals surface area contributed by atoms with E-state index in [1.165, 1.54) is 12.8 Å². The number of rotatable bonds is 7. The van der Waals surface area contributed by atoms with Crippen molar-refractivity contribution in [2.75, 3.05) is 6.54 Å². The van der Waals surface area contributed by atoms with Gasteiger partial charge in [-0.05, 0) is 18.6 Å². The first-order chi connectivity index (χ1) is 8.65. The highest BCUT2D eigenvalue weighted by molar-refractivity contribution is 7.80. The molecule has 98 valence electrons. The number of thiocarbonyl (C=S) groups is 1. The number of nitrogens with two attached hydrogens (primary N) is 1. The van der Waals surface area contributed by atoms with Gasteiger partial charge in [0.1, 0.15) is 4.99 Å². The van der Waals surface area contributed by atoms with Crippen molar-refractivity contribution in [2.45, 2.75) is 32.6 Å². The van der Waals surface area contributed by atoms with Crippen LogP contribution in [0.5, 0.6) is 0 Å². The average molecular weight is 264 g/mol. The van der Waals surface area contributed by atoms with E-state index in [9.17, 15) is 4.79 Å². The van der Waals surface area contributed by atoms with Gasteiger partial charge < -0.3 is 11.1 Å². The highest BCUT2D eigenvalue weighted by Gasteiger charge is 2.04. The van der Waals surface area contributed by atoms with Gasteiger partial charge in [0.25, 0.3) is 5.91 Å². The van der Waals surface area contributed by atoms with Gasteiger partial charge in [-0.25, -0.2) is 0 Å². The molecule has 0 saturated heterocycles. The van der Waals surface area contributed by atoms with E-state index in [2.05, 4.69) is 12.2 Å². The van der Waals surface area contributed by atoms with Gasteiger partial charge in [0.05, 0.1) is 0 Å². The molecule has 0 radical (unpaired) electrons. The molecule has 0 aliphatic rings. The zero-order valence-electron chi connectivity index (χ0n) is 10.7. The van der Waals surface area contributed by atoms with Crippen LogP contribution in [0.15, 0.2) is 24.3 Å². The lowest BCUT2D eigenvalue weighted by molar-refractivity contribution is 0.0953. The van der Waals surface area contributed by atoms with Crippen molar-refractivity contribution in [3.05, 3.63) is 35.4 Å². The second-order valence-corrected chi connectivity index (χ2v) is 4.70. The zero-order chi connectivity index (χ0) is 13.4. The highest BCUT2D eigenvalue weighted by Crippen LogP contribution is 2.04. The summed E-state index contributed by atoms with van der Waals surface area (Å²) in [7, 11) is 0. The topological polar surface area (TPSA) is 55.1 Å². The highest BCUT2D eigenvalue weighted by atomic mass is 32.1. The Morgan fingerprint density at radius 1 is 1.17 bits per heavy atom. The molecular weight excluding hydrogens is 244 g/mol. The van der Waals surface area contributed by atoms with Crippen molar-refractivity contribution in [3.8, 4) is 0 Å². The van der Waals surface area contributed by atoms with Crippen molar-refractivity contribution in [3.63, 3.8) is 0 Å². The predicted molar refractivity (Wildman–Crippen MR) is 78.8 cm³/mol. The van der Waals surface area contributed by atoms with Crippen LogP contribution in [-0.4, -0.2) is 17.4 Å². The molecule has 0 aliphatic carbocycles. The van der Waals surface area contributed by atoms with Crippen LogP contribution >= 0.6 is 12.2 Å². The summed E-state index contributed by atoms with van der Waals surface area (Å²) in [5.41, 5.74) is 6.92. The summed E-state index contributed by atoms with van der Waals surface area (Å²) in [6.45, 7) is 2.90. The van der Waals surface area contributed by atoms with Crippen molar-refractivity contribution in [1.82, 2.24) is 5.32 Å². The van der Waals surface area contributed by atoms with Crippen molar-refractivity contribution >= 4 is 23.1 Å². The van der Waals surface area contributed by atoms with Crippen LogP contribution in [0.2, 0.25) is 0 Å². The van der Waals surface area contributed by atoms with E-state index in [0.717, 1.165) is 24.9 Å². The number of unbranched alkanes of at least 4 members (excludes halogenated alkanes) is 3. The third-order valence-electron chi connectivity index (χ3n) is 2.75. The average Bonchev–Trinajstić information content (AvgIpc) is 2.38. The number of benzene rings is 1. The molecule has 0 saturated carbocycles. The van der Waals surface area contributed by atoms with E-state index < -0.39 is 0 Å². The Morgan fingerprint density at radius 3 is 2.33 bits per heavy atom. The molecule has 0 aromatic heterocycles. The molecule has 3 nitrogen and oxygen atoms in total. The fourth-order valence-electron chi connectivity index (χ4n) is 1.64. The number of hydrogen-bond donors (Lipinski definition) is 2. The Kier molecular flexibility index (Phi) is 6.36. The van der Waals surface area contributed by atoms with Gasteiger partial charge >= 0.3 is 0 Å². The molecule has 0 spiro atoms. The normalized spacial score (nSPS) is 10.1. The molecule has 0 atom stereocenters. The van der Waals surface area contributed by atoms with Crippen LogP contribution in [0.3, 0.4) is 0 Å². The van der Waals surface area contributed by atoms with E-state index in [-0.39, 0.29) is 5.91 Å². The summed E-state index contributed by atoms with van der Waals surface area (Å²) in [6, 6.07) is 7.04. The van der Waals surface area contributed by atoms with Crippen LogP contribution < -0.4 is 11.1 Å². The lowest BCUT2D eigenvalue weighted by Crippen LogP contribution is -2.24. The van der Waals surface area contributed by atoms with Gasteiger partial charge in [0, 0.05) is 17.7 Å². The van der Waals surface area contributed by atoms with Gasteiger partial charge in [-0.3, -0.25) is 4.79 Å². The van der Waals surface area contributed by atoms with E-state index >= 15 is 0 Å². The van der Waals surface area contributed by atoms with Gasteiger partial charge in [-0.2, -0.15) is 0 Å². The van der Waals surface area contributed by atoms with E-state index in [4.69, 9.17) is 18.0 Å². The minimum Gasteiger partial charge on any atom is -0.389 e. The largest absolute Gasteiger partial charge is 0.389 e. The first kappa shape index (κ1) is 14.6. The molecule has 0 unspecified atom stereocenters. The zero-order valence-corrected chi connectivity index (χ0v) is 11.6. The quantitative estimate of drug-likeness (QED) is 0.588. The first-order valence-electron chi connectivity index (χ1n) is 6.33. The van der Waals surface area contributed by atoms with Crippen LogP contribution in [0, 0.1) is 0 Å². The van der Waals surface area contributed by atoms with Crippen LogP contribution in [0.1, 0.15) is 48.5 Å². The van der Waals surface area contributed by atoms with Crippen molar-refractivity contribution in [2.24, 2.45) is 5.73 Å². The van der Waals surface area contributed by atoms with Gasteiger partial charge in [-0.1, -0.05) is 50.5 Å². The summed E-state index contributed by atoms with van der Waals surface area (Å²) in [6.07, 6.45) is 4.62. The molecule has 0 heterocycles. The fraction of sp³-hybridized carbons (Fsp3) is 0.429. The molecule has 1 rings (SSSR count). The van der Waals surface area contributed by atoms with Crippen LogP contribution in [0.4, 0.5) is 0 Å². The van der Waals surface area contributed by atoms with Crippen LogP contribution in [0.25, 0.3) is 0 Å². The Morgan fingerprint density at radius 2 is 1.78 bits per heavy atom. The third-order valence-corrected chi connectivity index (χ3v) is 2.98. The summed E-state index contributed by atoms with van der Waals surface area (Å²) >= 11 is 4.86. The summed E-state index contributed by atoms with van der Waals surface area (Å²) in [4.78, 5) is 12.1. The maximum Gasteiger partial charge on any atom is 0.251 e. The molecule has 1 aromatic carbocycles. The fourth-order valence-corrected chi connectivity index (χ4v) is 1.78. The molecule has 3 N–H and O–H groups in total. The molecule has 0 bridgehead atoms. The third kappa shape index (κ3) is 4.84. The monoisotopic (exact) mass is 264 g/mol. The summed E-state index contributed by atoms with van der Waals surface area (Å²) < 4.78 is 0. The first-order valence-corrected chi connectivity index (χ1v) is 6.74. The summed E-state index contributed by atoms with van der Waals surface area (Å²) in [5.74, 6) is -0.0408. The predicted octanol–water partition coefficient (Wildman–Crippen LogP) is 2.63. The number of amides is 1. The Hall–Kier alpha value is -1.42. The lowest BCUT2D eigenvalue weighted by Gasteiger charge is -2.05. The maximum absolute atomic E-state index is 11.8. The van der Waals surface area contributed by atoms with Gasteiger partial charge in [0.2, 0.25) is 0 Å². The van der Waals surface area contributed by atoms with E-state index in [1.54, 1.807) is 24.3 Å². The smallest absolute Gasteiger partial charge is 0.251 e. The molecule has 0 fully saturated rings. The number of carbonyl (C=O) groups is 1. The number of carbonyl (C=O) groups excluding carboxylic acids is 1. The van der Waals surface area contributed by atoms with Gasteiger partial charge in [-0.15, -0.1) is 0 Å². The SMILES string of the molecule is CCCCCCNC(=O)c1ccc(C(N)=S)cc1. The molecular formula is C14H20N2OS. The molecule has 0 aliphatic heterocycles. The molecule has 18 heavy (non-hydrogen) atoms. The minimum absolute atomic E-state index is 0.0408.